The van der Waals surface area contributed by atoms with E-state index in [-0.39, 0.29) is 24.2 Å². The first-order valence-corrected chi connectivity index (χ1v) is 6.81. The molecule has 1 heterocycles. The van der Waals surface area contributed by atoms with E-state index < -0.39 is 0 Å². The van der Waals surface area contributed by atoms with Gasteiger partial charge < -0.3 is 11.1 Å². The second kappa shape index (κ2) is 5.87. The van der Waals surface area contributed by atoms with Crippen molar-refractivity contribution in [3.63, 3.8) is 0 Å². The van der Waals surface area contributed by atoms with E-state index in [1.807, 2.05) is 26.8 Å². The van der Waals surface area contributed by atoms with Gasteiger partial charge in [-0.15, -0.1) is 0 Å². The Balaban J connectivity index is 2.10. The summed E-state index contributed by atoms with van der Waals surface area (Å²) in [6, 6.07) is 5.48. The van der Waals surface area contributed by atoms with Gasteiger partial charge in [0.1, 0.15) is 6.54 Å². The molecule has 0 atom stereocenters. The van der Waals surface area contributed by atoms with Gasteiger partial charge in [-0.3, -0.25) is 13.9 Å². The number of nitrogen functional groups attached to an aromatic ring is 1. The van der Waals surface area contributed by atoms with Crippen LogP contribution in [0.1, 0.15) is 25.5 Å². The van der Waals surface area contributed by atoms with Crippen molar-refractivity contribution in [1.82, 2.24) is 9.13 Å². The smallest absolute Gasteiger partial charge is 0.328 e. The monoisotopic (exact) mass is 288 g/mol. The number of benzene rings is 1. The molecule has 0 radical (unpaired) electrons. The zero-order valence-electron chi connectivity index (χ0n) is 12.5. The second-order valence-electron chi connectivity index (χ2n) is 5.35. The Labute approximate surface area is 123 Å². The summed E-state index contributed by atoms with van der Waals surface area (Å²) in [5, 5.41) is 2.72. The van der Waals surface area contributed by atoms with Crippen molar-refractivity contribution in [1.29, 1.82) is 0 Å². The maximum absolute atomic E-state index is 12.0. The molecule has 0 aliphatic heterocycles. The van der Waals surface area contributed by atoms with Gasteiger partial charge in [-0.1, -0.05) is 6.07 Å². The van der Waals surface area contributed by atoms with E-state index in [0.717, 1.165) is 5.56 Å². The molecule has 0 aliphatic rings. The fourth-order valence-electron chi connectivity index (χ4n) is 2.08. The summed E-state index contributed by atoms with van der Waals surface area (Å²) in [6.45, 7) is 5.72. The quantitative estimate of drug-likeness (QED) is 0.841. The van der Waals surface area contributed by atoms with Gasteiger partial charge in [-0.05, 0) is 38.5 Å². The fourth-order valence-corrected chi connectivity index (χ4v) is 2.08. The Morgan fingerprint density at radius 1 is 1.33 bits per heavy atom. The fraction of sp³-hybridized carbons (Fsp3) is 0.333. The Bertz CT molecular complexity index is 713. The molecule has 0 bridgehead atoms. The van der Waals surface area contributed by atoms with Gasteiger partial charge in [0.25, 0.3) is 0 Å². The molecule has 0 fully saturated rings. The van der Waals surface area contributed by atoms with E-state index in [2.05, 4.69) is 5.32 Å². The number of aromatic nitrogens is 2. The zero-order chi connectivity index (χ0) is 15.6. The lowest BCUT2D eigenvalue weighted by Gasteiger charge is -2.09. The summed E-state index contributed by atoms with van der Waals surface area (Å²) in [5.41, 5.74) is 7.74. The van der Waals surface area contributed by atoms with Crippen LogP contribution in [0.4, 0.5) is 11.4 Å². The predicted octanol–water partition coefficient (Wildman–Crippen LogP) is 1.76. The second-order valence-corrected chi connectivity index (χ2v) is 5.35. The normalized spacial score (nSPS) is 10.9. The summed E-state index contributed by atoms with van der Waals surface area (Å²) in [7, 11) is 0. The van der Waals surface area contributed by atoms with E-state index in [1.165, 1.54) is 4.57 Å². The number of nitrogens with one attached hydrogen (secondary N) is 1. The minimum Gasteiger partial charge on any atom is -0.397 e. The van der Waals surface area contributed by atoms with Crippen molar-refractivity contribution in [2.75, 3.05) is 11.1 Å². The van der Waals surface area contributed by atoms with Gasteiger partial charge in [-0.25, -0.2) is 4.79 Å². The highest BCUT2D eigenvalue weighted by atomic mass is 16.2. The maximum Gasteiger partial charge on any atom is 0.328 e. The van der Waals surface area contributed by atoms with Crippen molar-refractivity contribution in [3.05, 3.63) is 46.6 Å². The van der Waals surface area contributed by atoms with Crippen LogP contribution >= 0.6 is 0 Å². The maximum atomic E-state index is 12.0. The lowest BCUT2D eigenvalue weighted by atomic mass is 10.2. The molecular weight excluding hydrogens is 268 g/mol. The third-order valence-electron chi connectivity index (χ3n) is 3.23. The number of imidazole rings is 1. The molecule has 0 aliphatic carbocycles. The molecule has 6 nitrogen and oxygen atoms in total. The van der Waals surface area contributed by atoms with Crippen LogP contribution in [-0.2, 0) is 11.3 Å². The molecule has 21 heavy (non-hydrogen) atoms. The third kappa shape index (κ3) is 3.34. The molecule has 0 spiro atoms. The highest BCUT2D eigenvalue weighted by Gasteiger charge is 2.11. The van der Waals surface area contributed by atoms with E-state index in [4.69, 9.17) is 5.73 Å². The predicted molar refractivity (Wildman–Crippen MR) is 83.3 cm³/mol. The van der Waals surface area contributed by atoms with Crippen LogP contribution in [0.25, 0.3) is 0 Å². The third-order valence-corrected chi connectivity index (χ3v) is 3.23. The van der Waals surface area contributed by atoms with Crippen LogP contribution in [0, 0.1) is 6.92 Å². The number of carbonyl (C=O) groups is 1. The number of aryl methyl sites for hydroxylation is 1. The number of carbonyl (C=O) groups excluding carboxylic acids is 1. The highest BCUT2D eigenvalue weighted by molar-refractivity contribution is 5.93. The summed E-state index contributed by atoms with van der Waals surface area (Å²) < 4.78 is 2.95. The SMILES string of the molecule is Cc1ccc(NC(=O)Cn2ccn(C(C)C)c2=O)c(N)c1. The molecule has 6 heteroatoms. The Hall–Kier alpha value is -2.50. The standard InChI is InChI=1S/C15H20N4O2/c1-10(2)19-7-6-18(15(19)21)9-14(20)17-13-5-4-11(3)8-12(13)16/h4-8,10H,9,16H2,1-3H3,(H,17,20). The molecule has 1 amide bonds. The summed E-state index contributed by atoms with van der Waals surface area (Å²) in [4.78, 5) is 24.0. The molecule has 0 saturated heterocycles. The van der Waals surface area contributed by atoms with E-state index in [1.54, 1.807) is 29.1 Å². The average molecular weight is 288 g/mol. The van der Waals surface area contributed by atoms with Gasteiger partial charge in [0.2, 0.25) is 5.91 Å². The highest BCUT2D eigenvalue weighted by Crippen LogP contribution is 2.19. The van der Waals surface area contributed by atoms with Crippen molar-refractivity contribution in [2.24, 2.45) is 0 Å². The molecule has 1 aromatic carbocycles. The number of nitrogens with zero attached hydrogens (tertiary/aromatic N) is 2. The van der Waals surface area contributed by atoms with Crippen molar-refractivity contribution in [3.8, 4) is 0 Å². The number of anilines is 2. The van der Waals surface area contributed by atoms with Crippen LogP contribution < -0.4 is 16.7 Å². The van der Waals surface area contributed by atoms with Crippen LogP contribution in [0.2, 0.25) is 0 Å². The van der Waals surface area contributed by atoms with E-state index >= 15 is 0 Å². The summed E-state index contributed by atoms with van der Waals surface area (Å²) in [6.07, 6.45) is 3.29. The van der Waals surface area contributed by atoms with Gasteiger partial charge in [0.05, 0.1) is 11.4 Å². The number of amides is 1. The molecular formula is C15H20N4O2. The first-order chi connectivity index (χ1) is 9.88. The number of hydrogen-bond acceptors (Lipinski definition) is 3. The molecule has 2 aromatic rings. The van der Waals surface area contributed by atoms with Crippen molar-refractivity contribution < 1.29 is 4.79 Å². The minimum atomic E-state index is -0.283. The van der Waals surface area contributed by atoms with Gasteiger partial charge in [0, 0.05) is 18.4 Å². The molecule has 3 N–H and O–H groups in total. The van der Waals surface area contributed by atoms with E-state index in [9.17, 15) is 9.59 Å². The first kappa shape index (κ1) is 14.9. The Morgan fingerprint density at radius 2 is 2.05 bits per heavy atom. The molecule has 0 saturated carbocycles. The molecule has 112 valence electrons. The number of rotatable bonds is 4. The van der Waals surface area contributed by atoms with Gasteiger partial charge in [-0.2, -0.15) is 0 Å². The molecule has 2 rings (SSSR count). The lowest BCUT2D eigenvalue weighted by molar-refractivity contribution is -0.116. The van der Waals surface area contributed by atoms with Gasteiger partial charge in [0.15, 0.2) is 0 Å². The Morgan fingerprint density at radius 3 is 2.62 bits per heavy atom. The van der Waals surface area contributed by atoms with Crippen molar-refractivity contribution in [2.45, 2.75) is 33.4 Å². The van der Waals surface area contributed by atoms with Crippen LogP contribution in [-0.4, -0.2) is 15.0 Å². The van der Waals surface area contributed by atoms with Gasteiger partial charge >= 0.3 is 5.69 Å². The molecule has 1 aromatic heterocycles. The largest absolute Gasteiger partial charge is 0.397 e. The Kier molecular flexibility index (Phi) is 4.16. The minimum absolute atomic E-state index is 0.0358. The zero-order valence-corrected chi connectivity index (χ0v) is 12.5. The topological polar surface area (TPSA) is 82.0 Å². The summed E-state index contributed by atoms with van der Waals surface area (Å²) >= 11 is 0. The first-order valence-electron chi connectivity index (χ1n) is 6.81. The number of nitrogens with two attached hydrogens (primary N) is 1. The van der Waals surface area contributed by atoms with Crippen molar-refractivity contribution >= 4 is 17.3 Å². The van der Waals surface area contributed by atoms with Crippen LogP contribution in [0.15, 0.2) is 35.4 Å². The van der Waals surface area contributed by atoms with Crippen LogP contribution in [0.5, 0.6) is 0 Å². The van der Waals surface area contributed by atoms with Crippen LogP contribution in [0.3, 0.4) is 0 Å². The lowest BCUT2D eigenvalue weighted by Crippen LogP contribution is -2.29. The number of hydrogen-bond donors (Lipinski definition) is 2. The van der Waals surface area contributed by atoms with E-state index in [0.29, 0.717) is 11.4 Å². The summed E-state index contributed by atoms with van der Waals surface area (Å²) in [5.74, 6) is -0.283. The average Bonchev–Trinajstić information content (AvgIpc) is 2.74. The molecule has 0 unspecified atom stereocenters.